The largest absolute Gasteiger partial charge is 0.484 e. The van der Waals surface area contributed by atoms with Crippen molar-refractivity contribution < 1.29 is 9.26 Å². The highest BCUT2D eigenvalue weighted by Gasteiger charge is 2.10. The molecule has 5 nitrogen and oxygen atoms in total. The summed E-state index contributed by atoms with van der Waals surface area (Å²) < 4.78 is 10.6. The molecule has 1 heterocycles. The van der Waals surface area contributed by atoms with Crippen LogP contribution in [0.5, 0.6) is 5.75 Å². The standard InChI is InChI=1S/C13H16ClN3O2/c1-2-10(15)7-12-16-13(19-17-12)8-18-11-5-3-9(14)4-6-11/h3-6,10H,2,7-8,15H2,1H3. The molecule has 1 atom stereocenters. The smallest absolute Gasteiger partial charge is 0.264 e. The first kappa shape index (κ1) is 13.8. The van der Waals surface area contributed by atoms with Crippen LogP contribution in [0.3, 0.4) is 0 Å². The molecule has 0 amide bonds. The summed E-state index contributed by atoms with van der Waals surface area (Å²) in [6.07, 6.45) is 1.49. The van der Waals surface area contributed by atoms with Crippen LogP contribution in [0.15, 0.2) is 28.8 Å². The van der Waals surface area contributed by atoms with Crippen LogP contribution in [0, 0.1) is 0 Å². The van der Waals surface area contributed by atoms with Crippen LogP contribution >= 0.6 is 11.6 Å². The van der Waals surface area contributed by atoms with Crippen LogP contribution in [0.2, 0.25) is 5.02 Å². The van der Waals surface area contributed by atoms with E-state index in [0.717, 1.165) is 6.42 Å². The van der Waals surface area contributed by atoms with Gasteiger partial charge in [0, 0.05) is 17.5 Å². The number of rotatable bonds is 6. The van der Waals surface area contributed by atoms with Gasteiger partial charge in [-0.25, -0.2) is 0 Å². The van der Waals surface area contributed by atoms with Gasteiger partial charge in [0.2, 0.25) is 0 Å². The zero-order chi connectivity index (χ0) is 13.7. The molecule has 0 aliphatic carbocycles. The monoisotopic (exact) mass is 281 g/mol. The summed E-state index contributed by atoms with van der Waals surface area (Å²) >= 11 is 5.79. The van der Waals surface area contributed by atoms with Gasteiger partial charge in [-0.15, -0.1) is 0 Å². The number of nitrogens with zero attached hydrogens (tertiary/aromatic N) is 2. The number of halogens is 1. The Bertz CT molecular complexity index is 513. The number of hydrogen-bond acceptors (Lipinski definition) is 5. The molecule has 1 aromatic heterocycles. The highest BCUT2D eigenvalue weighted by Crippen LogP contribution is 2.16. The van der Waals surface area contributed by atoms with Gasteiger partial charge in [-0.2, -0.15) is 4.98 Å². The second kappa shape index (κ2) is 6.54. The van der Waals surface area contributed by atoms with Gasteiger partial charge in [-0.05, 0) is 30.7 Å². The number of aromatic nitrogens is 2. The highest BCUT2D eigenvalue weighted by atomic mass is 35.5. The average molecular weight is 282 g/mol. The van der Waals surface area contributed by atoms with Gasteiger partial charge >= 0.3 is 0 Å². The topological polar surface area (TPSA) is 74.2 Å². The summed E-state index contributed by atoms with van der Waals surface area (Å²) in [6.45, 7) is 2.26. The van der Waals surface area contributed by atoms with E-state index in [0.29, 0.717) is 28.9 Å². The van der Waals surface area contributed by atoms with Crippen molar-refractivity contribution in [1.29, 1.82) is 0 Å². The molecule has 0 aliphatic heterocycles. The van der Waals surface area contributed by atoms with Crippen LogP contribution in [0.4, 0.5) is 0 Å². The lowest BCUT2D eigenvalue weighted by atomic mass is 10.2. The lowest BCUT2D eigenvalue weighted by molar-refractivity contribution is 0.242. The van der Waals surface area contributed by atoms with Crippen LogP contribution in [-0.2, 0) is 13.0 Å². The maximum atomic E-state index is 5.83. The van der Waals surface area contributed by atoms with Crippen molar-refractivity contribution in [3.05, 3.63) is 41.0 Å². The second-order valence-electron chi connectivity index (χ2n) is 4.22. The fourth-order valence-electron chi connectivity index (χ4n) is 1.49. The molecule has 0 saturated heterocycles. The van der Waals surface area contributed by atoms with E-state index in [1.165, 1.54) is 0 Å². The molecule has 0 aliphatic rings. The van der Waals surface area contributed by atoms with E-state index < -0.39 is 0 Å². The van der Waals surface area contributed by atoms with Crippen molar-refractivity contribution in [3.63, 3.8) is 0 Å². The highest BCUT2D eigenvalue weighted by molar-refractivity contribution is 6.30. The molecule has 0 spiro atoms. The maximum absolute atomic E-state index is 5.83. The van der Waals surface area contributed by atoms with E-state index in [9.17, 15) is 0 Å². The normalized spacial score (nSPS) is 12.4. The van der Waals surface area contributed by atoms with Crippen molar-refractivity contribution >= 4 is 11.6 Å². The third kappa shape index (κ3) is 4.22. The Labute approximate surface area is 116 Å². The predicted octanol–water partition coefficient (Wildman–Crippen LogP) is 2.58. The molecule has 102 valence electrons. The molecule has 2 N–H and O–H groups in total. The van der Waals surface area contributed by atoms with Crippen LogP contribution in [-0.4, -0.2) is 16.2 Å². The minimum Gasteiger partial charge on any atom is -0.484 e. The Morgan fingerprint density at radius 2 is 2.11 bits per heavy atom. The van der Waals surface area contributed by atoms with Crippen molar-refractivity contribution in [3.8, 4) is 5.75 Å². The summed E-state index contributed by atoms with van der Waals surface area (Å²) in [6, 6.07) is 7.15. The molecule has 0 radical (unpaired) electrons. The first-order valence-corrected chi connectivity index (χ1v) is 6.50. The van der Waals surface area contributed by atoms with Gasteiger partial charge in [-0.3, -0.25) is 0 Å². The summed E-state index contributed by atoms with van der Waals surface area (Å²) in [5.41, 5.74) is 5.83. The van der Waals surface area contributed by atoms with E-state index in [-0.39, 0.29) is 12.6 Å². The van der Waals surface area contributed by atoms with Gasteiger partial charge < -0.3 is 15.0 Å². The third-order valence-electron chi connectivity index (χ3n) is 2.66. The Morgan fingerprint density at radius 1 is 1.37 bits per heavy atom. The van der Waals surface area contributed by atoms with Gasteiger partial charge in [0.1, 0.15) is 5.75 Å². The number of benzene rings is 1. The fraction of sp³-hybridized carbons (Fsp3) is 0.385. The quantitative estimate of drug-likeness (QED) is 0.881. The molecule has 19 heavy (non-hydrogen) atoms. The first-order valence-electron chi connectivity index (χ1n) is 6.12. The SMILES string of the molecule is CCC(N)Cc1noc(COc2ccc(Cl)cc2)n1. The van der Waals surface area contributed by atoms with Gasteiger partial charge in [0.25, 0.3) is 5.89 Å². The molecule has 1 unspecified atom stereocenters. The molecule has 2 rings (SSSR count). The molecule has 1 aromatic carbocycles. The van der Waals surface area contributed by atoms with E-state index in [1.807, 2.05) is 6.92 Å². The van der Waals surface area contributed by atoms with Crippen molar-refractivity contribution in [2.75, 3.05) is 0 Å². The predicted molar refractivity (Wildman–Crippen MR) is 72.1 cm³/mol. The Hall–Kier alpha value is -1.59. The number of ether oxygens (including phenoxy) is 1. The molecular formula is C13H16ClN3O2. The third-order valence-corrected chi connectivity index (χ3v) is 2.91. The van der Waals surface area contributed by atoms with Gasteiger partial charge in [0.15, 0.2) is 12.4 Å². The summed E-state index contributed by atoms with van der Waals surface area (Å²) in [5, 5.41) is 4.53. The Morgan fingerprint density at radius 3 is 2.79 bits per heavy atom. The van der Waals surface area contributed by atoms with Crippen molar-refractivity contribution in [2.45, 2.75) is 32.4 Å². The second-order valence-corrected chi connectivity index (χ2v) is 4.66. The molecule has 2 aromatic rings. The van der Waals surface area contributed by atoms with Gasteiger partial charge in [0.05, 0.1) is 0 Å². The zero-order valence-corrected chi connectivity index (χ0v) is 11.4. The first-order chi connectivity index (χ1) is 9.17. The lowest BCUT2D eigenvalue weighted by Gasteiger charge is -2.03. The van der Waals surface area contributed by atoms with E-state index in [4.69, 9.17) is 26.6 Å². The van der Waals surface area contributed by atoms with E-state index in [1.54, 1.807) is 24.3 Å². The summed E-state index contributed by atoms with van der Waals surface area (Å²) in [5.74, 6) is 1.76. The molecular weight excluding hydrogens is 266 g/mol. The van der Waals surface area contributed by atoms with E-state index >= 15 is 0 Å². The molecule has 0 fully saturated rings. The summed E-state index contributed by atoms with van der Waals surface area (Å²) in [4.78, 5) is 4.22. The van der Waals surface area contributed by atoms with Gasteiger partial charge in [-0.1, -0.05) is 23.7 Å². The minimum atomic E-state index is 0.0580. The van der Waals surface area contributed by atoms with Crippen LogP contribution < -0.4 is 10.5 Å². The van der Waals surface area contributed by atoms with Crippen molar-refractivity contribution in [1.82, 2.24) is 10.1 Å². The molecule has 0 bridgehead atoms. The zero-order valence-electron chi connectivity index (χ0n) is 10.7. The Kier molecular flexibility index (Phi) is 4.76. The number of hydrogen-bond donors (Lipinski definition) is 1. The minimum absolute atomic E-state index is 0.0580. The fourth-order valence-corrected chi connectivity index (χ4v) is 1.61. The summed E-state index contributed by atoms with van der Waals surface area (Å²) in [7, 11) is 0. The number of nitrogens with two attached hydrogens (primary N) is 1. The van der Waals surface area contributed by atoms with E-state index in [2.05, 4.69) is 10.1 Å². The van der Waals surface area contributed by atoms with Crippen molar-refractivity contribution in [2.24, 2.45) is 5.73 Å². The Balaban J connectivity index is 1.88. The van der Waals surface area contributed by atoms with Crippen LogP contribution in [0.25, 0.3) is 0 Å². The maximum Gasteiger partial charge on any atom is 0.264 e. The average Bonchev–Trinajstić information content (AvgIpc) is 2.85. The lowest BCUT2D eigenvalue weighted by Crippen LogP contribution is -2.22. The van der Waals surface area contributed by atoms with Crippen LogP contribution in [0.1, 0.15) is 25.1 Å². The molecule has 6 heteroatoms. The molecule has 0 saturated carbocycles.